The predicted octanol–water partition coefficient (Wildman–Crippen LogP) is 4.15. The Labute approximate surface area is 144 Å². The number of fused-ring (bicyclic) bond motifs is 1. The number of hydrogen-bond acceptors (Lipinski definition) is 6. The largest absolute Gasteiger partial charge is 0.479 e. The Balaban J connectivity index is 2.15. The number of nitrogens with one attached hydrogen (secondary N) is 2. The van der Waals surface area contributed by atoms with E-state index in [1.54, 1.807) is 31.5 Å². The highest BCUT2D eigenvalue weighted by Crippen LogP contribution is 2.35. The molecule has 0 aliphatic rings. The molecule has 2 aromatic heterocycles. The third-order valence-electron chi connectivity index (χ3n) is 3.84. The maximum absolute atomic E-state index is 12.9. The van der Waals surface area contributed by atoms with Gasteiger partial charge in [0.25, 0.3) is 0 Å². The van der Waals surface area contributed by atoms with Crippen LogP contribution >= 0.6 is 0 Å². The SMILES string of the molecule is COc1nc(C)nn2ccc(-c3ccc(N=N)c(N[C@@H](C)CF)c3)c12. The molecule has 0 radical (unpaired) electrons. The minimum Gasteiger partial charge on any atom is -0.479 e. The molecule has 0 saturated carbocycles. The van der Waals surface area contributed by atoms with Crippen LogP contribution in [0, 0.1) is 12.5 Å². The Bertz CT molecular complexity index is 923. The highest BCUT2D eigenvalue weighted by atomic mass is 19.1. The van der Waals surface area contributed by atoms with Gasteiger partial charge in [0.15, 0.2) is 0 Å². The van der Waals surface area contributed by atoms with Gasteiger partial charge < -0.3 is 10.1 Å². The lowest BCUT2D eigenvalue weighted by Gasteiger charge is -2.14. The van der Waals surface area contributed by atoms with Crippen molar-refractivity contribution in [2.45, 2.75) is 19.9 Å². The fourth-order valence-electron chi connectivity index (χ4n) is 2.69. The van der Waals surface area contributed by atoms with Gasteiger partial charge in [-0.3, -0.25) is 0 Å². The smallest absolute Gasteiger partial charge is 0.242 e. The van der Waals surface area contributed by atoms with Crippen LogP contribution in [0.15, 0.2) is 35.6 Å². The summed E-state index contributed by atoms with van der Waals surface area (Å²) in [6.07, 6.45) is 1.84. The number of aryl methyl sites for hydroxylation is 1. The molecule has 0 aliphatic carbocycles. The van der Waals surface area contributed by atoms with Crippen LogP contribution in [-0.4, -0.2) is 34.4 Å². The summed E-state index contributed by atoms with van der Waals surface area (Å²) in [6.45, 7) is 3.01. The molecule has 0 unspecified atom stereocenters. The molecule has 130 valence electrons. The molecule has 7 nitrogen and oxygen atoms in total. The van der Waals surface area contributed by atoms with Crippen LogP contribution in [-0.2, 0) is 0 Å². The number of benzene rings is 1. The van der Waals surface area contributed by atoms with E-state index in [-0.39, 0.29) is 6.04 Å². The summed E-state index contributed by atoms with van der Waals surface area (Å²) in [4.78, 5) is 4.33. The van der Waals surface area contributed by atoms with Crippen molar-refractivity contribution in [2.75, 3.05) is 19.1 Å². The van der Waals surface area contributed by atoms with Crippen molar-refractivity contribution in [2.24, 2.45) is 5.11 Å². The Kier molecular flexibility index (Phi) is 4.60. The normalized spacial score (nSPS) is 12.2. The lowest BCUT2D eigenvalue weighted by molar-refractivity contribution is 0.397. The van der Waals surface area contributed by atoms with Gasteiger partial charge in [-0.25, -0.2) is 14.4 Å². The molecule has 3 aromatic rings. The van der Waals surface area contributed by atoms with Gasteiger partial charge in [-0.15, -0.1) is 0 Å². The minimum absolute atomic E-state index is 0.373. The lowest BCUT2D eigenvalue weighted by atomic mass is 10.1. The first-order valence-electron chi connectivity index (χ1n) is 7.81. The summed E-state index contributed by atoms with van der Waals surface area (Å²) < 4.78 is 20.0. The van der Waals surface area contributed by atoms with Crippen molar-refractivity contribution in [1.29, 1.82) is 5.53 Å². The van der Waals surface area contributed by atoms with E-state index in [4.69, 9.17) is 10.3 Å². The van der Waals surface area contributed by atoms with Crippen molar-refractivity contribution in [3.05, 3.63) is 36.3 Å². The number of halogens is 1. The molecule has 0 bridgehead atoms. The fraction of sp³-hybridized carbons (Fsp3) is 0.294. The highest BCUT2D eigenvalue weighted by Gasteiger charge is 2.15. The summed E-state index contributed by atoms with van der Waals surface area (Å²) in [6, 6.07) is 6.96. The van der Waals surface area contributed by atoms with E-state index in [0.29, 0.717) is 23.1 Å². The van der Waals surface area contributed by atoms with Gasteiger partial charge in [0.1, 0.15) is 23.7 Å². The maximum atomic E-state index is 12.9. The molecule has 8 heteroatoms. The molecule has 25 heavy (non-hydrogen) atoms. The third-order valence-corrected chi connectivity index (χ3v) is 3.84. The molecule has 2 heterocycles. The van der Waals surface area contributed by atoms with Crippen molar-refractivity contribution < 1.29 is 9.13 Å². The zero-order chi connectivity index (χ0) is 18.0. The molecule has 3 rings (SSSR count). The number of methoxy groups -OCH3 is 1. The van der Waals surface area contributed by atoms with E-state index in [9.17, 15) is 4.39 Å². The number of rotatable bonds is 6. The number of aromatic nitrogens is 3. The topological polar surface area (TPSA) is 87.7 Å². The van der Waals surface area contributed by atoms with Crippen LogP contribution in [0.25, 0.3) is 16.6 Å². The van der Waals surface area contributed by atoms with Crippen LogP contribution in [0.4, 0.5) is 15.8 Å². The van der Waals surface area contributed by atoms with Gasteiger partial charge in [-0.2, -0.15) is 15.2 Å². The molecule has 0 spiro atoms. The molecule has 0 saturated heterocycles. The fourth-order valence-corrected chi connectivity index (χ4v) is 2.69. The second-order valence-corrected chi connectivity index (χ2v) is 5.73. The van der Waals surface area contributed by atoms with Gasteiger partial charge in [-0.05, 0) is 37.6 Å². The lowest BCUT2D eigenvalue weighted by Crippen LogP contribution is -2.17. The average Bonchev–Trinajstić information content (AvgIpc) is 3.04. The molecule has 0 fully saturated rings. The summed E-state index contributed by atoms with van der Waals surface area (Å²) in [5, 5.41) is 10.9. The summed E-state index contributed by atoms with van der Waals surface area (Å²) in [7, 11) is 1.57. The highest BCUT2D eigenvalue weighted by molar-refractivity contribution is 5.87. The maximum Gasteiger partial charge on any atom is 0.242 e. The van der Waals surface area contributed by atoms with E-state index in [2.05, 4.69) is 20.5 Å². The monoisotopic (exact) mass is 342 g/mol. The van der Waals surface area contributed by atoms with E-state index in [1.807, 2.05) is 24.4 Å². The molecule has 0 aliphatic heterocycles. The van der Waals surface area contributed by atoms with Crippen LogP contribution < -0.4 is 10.1 Å². The van der Waals surface area contributed by atoms with Crippen molar-refractivity contribution >= 4 is 16.9 Å². The van der Waals surface area contributed by atoms with Gasteiger partial charge in [0.05, 0.1) is 18.8 Å². The minimum atomic E-state index is -0.516. The molecule has 1 atom stereocenters. The molecular weight excluding hydrogens is 323 g/mol. The molecule has 2 N–H and O–H groups in total. The zero-order valence-corrected chi connectivity index (χ0v) is 14.2. The zero-order valence-electron chi connectivity index (χ0n) is 14.2. The van der Waals surface area contributed by atoms with Gasteiger partial charge in [0, 0.05) is 11.8 Å². The van der Waals surface area contributed by atoms with Crippen molar-refractivity contribution in [1.82, 2.24) is 14.6 Å². The average molecular weight is 342 g/mol. The Morgan fingerprint density at radius 1 is 1.40 bits per heavy atom. The van der Waals surface area contributed by atoms with Crippen molar-refractivity contribution in [3.8, 4) is 17.0 Å². The van der Waals surface area contributed by atoms with Crippen LogP contribution in [0.2, 0.25) is 0 Å². The second kappa shape index (κ2) is 6.84. The first kappa shape index (κ1) is 16.8. The Morgan fingerprint density at radius 2 is 2.20 bits per heavy atom. The first-order valence-corrected chi connectivity index (χ1v) is 7.81. The third kappa shape index (κ3) is 3.15. The van der Waals surface area contributed by atoms with E-state index in [1.165, 1.54) is 0 Å². The predicted molar refractivity (Wildman–Crippen MR) is 93.6 cm³/mol. The summed E-state index contributed by atoms with van der Waals surface area (Å²) in [5.41, 5.74) is 10.8. The number of alkyl halides is 1. The molecule has 1 aromatic carbocycles. The summed E-state index contributed by atoms with van der Waals surface area (Å²) in [5.74, 6) is 1.09. The standard InChI is InChI=1S/C17H19FN6O/c1-10(9-18)20-15-8-12(4-5-14(15)22-19)13-6-7-24-16(13)17(25-3)21-11(2)23-24/h4-8,10,19-20H,9H2,1-3H3/t10-/m0/s1. The number of anilines is 1. The van der Waals surface area contributed by atoms with Gasteiger partial charge in [0.2, 0.25) is 5.88 Å². The van der Waals surface area contributed by atoms with Crippen LogP contribution in [0.5, 0.6) is 5.88 Å². The van der Waals surface area contributed by atoms with Gasteiger partial charge in [-0.1, -0.05) is 6.07 Å². The molecular formula is C17H19FN6O. The quantitative estimate of drug-likeness (QED) is 0.659. The van der Waals surface area contributed by atoms with Crippen molar-refractivity contribution in [3.63, 3.8) is 0 Å². The van der Waals surface area contributed by atoms with Crippen LogP contribution in [0.3, 0.4) is 0 Å². The van der Waals surface area contributed by atoms with E-state index in [0.717, 1.165) is 16.6 Å². The number of nitrogens with zero attached hydrogens (tertiary/aromatic N) is 4. The Hall–Kier alpha value is -3.03. The van der Waals surface area contributed by atoms with Gasteiger partial charge >= 0.3 is 0 Å². The second-order valence-electron chi connectivity index (χ2n) is 5.73. The Morgan fingerprint density at radius 3 is 2.88 bits per heavy atom. The number of ether oxygens (including phenoxy) is 1. The first-order chi connectivity index (χ1) is 12.1. The van der Waals surface area contributed by atoms with E-state index >= 15 is 0 Å². The number of hydrogen-bond donors (Lipinski definition) is 2. The van der Waals surface area contributed by atoms with E-state index < -0.39 is 6.67 Å². The van der Waals surface area contributed by atoms with Crippen LogP contribution in [0.1, 0.15) is 12.7 Å². The molecule has 0 amide bonds. The summed E-state index contributed by atoms with van der Waals surface area (Å²) >= 11 is 0.